The summed E-state index contributed by atoms with van der Waals surface area (Å²) in [5.41, 5.74) is 2.50. The van der Waals surface area contributed by atoms with Crippen molar-refractivity contribution in [3.8, 4) is 11.5 Å². The van der Waals surface area contributed by atoms with Crippen molar-refractivity contribution in [3.63, 3.8) is 0 Å². The van der Waals surface area contributed by atoms with Crippen LogP contribution in [-0.2, 0) is 5.75 Å². The van der Waals surface area contributed by atoms with Gasteiger partial charge in [0.1, 0.15) is 5.52 Å². The molecule has 0 aliphatic heterocycles. The van der Waals surface area contributed by atoms with Gasteiger partial charge in [-0.3, -0.25) is 4.98 Å². The van der Waals surface area contributed by atoms with E-state index in [2.05, 4.69) is 14.8 Å². The molecule has 2 heterocycles. The van der Waals surface area contributed by atoms with Crippen LogP contribution in [0.15, 0.2) is 35.6 Å². The third-order valence-electron chi connectivity index (χ3n) is 3.66. The van der Waals surface area contributed by atoms with Crippen molar-refractivity contribution >= 4 is 22.8 Å². The summed E-state index contributed by atoms with van der Waals surface area (Å²) < 4.78 is 37.4. The Bertz CT molecular complexity index is 918. The van der Waals surface area contributed by atoms with Crippen molar-refractivity contribution in [2.24, 2.45) is 0 Å². The molecule has 3 aromatic rings. The maximum absolute atomic E-state index is 12.8. The summed E-state index contributed by atoms with van der Waals surface area (Å²) in [7, 11) is 3.08. The zero-order valence-corrected chi connectivity index (χ0v) is 15.2. The SMILES string of the molecule is COc1c(C)cnc(CSc2nc3ccccc3n2OC(F)F)c1OC. The van der Waals surface area contributed by atoms with Gasteiger partial charge in [0.25, 0.3) is 0 Å². The number of hydrogen-bond donors (Lipinski definition) is 0. The highest BCUT2D eigenvalue weighted by molar-refractivity contribution is 7.98. The molecule has 0 atom stereocenters. The van der Waals surface area contributed by atoms with E-state index in [1.807, 2.05) is 6.92 Å². The molecule has 9 heteroatoms. The Labute approximate surface area is 153 Å². The number of pyridine rings is 1. The van der Waals surface area contributed by atoms with E-state index in [1.54, 1.807) is 37.6 Å². The van der Waals surface area contributed by atoms with Crippen molar-refractivity contribution in [1.29, 1.82) is 0 Å². The van der Waals surface area contributed by atoms with Gasteiger partial charge in [0.2, 0.25) is 5.16 Å². The summed E-state index contributed by atoms with van der Waals surface area (Å²) in [5.74, 6) is 1.45. The Morgan fingerprint density at radius 3 is 2.58 bits per heavy atom. The van der Waals surface area contributed by atoms with Gasteiger partial charge in [-0.1, -0.05) is 23.9 Å². The predicted molar refractivity (Wildman–Crippen MR) is 94.0 cm³/mol. The van der Waals surface area contributed by atoms with Gasteiger partial charge in [0.05, 0.1) is 25.4 Å². The van der Waals surface area contributed by atoms with Gasteiger partial charge in [0.15, 0.2) is 11.5 Å². The number of nitrogens with zero attached hydrogens (tertiary/aromatic N) is 3. The minimum Gasteiger partial charge on any atom is -0.492 e. The summed E-state index contributed by atoms with van der Waals surface area (Å²) in [6.07, 6.45) is 1.68. The first kappa shape index (κ1) is 18.2. The van der Waals surface area contributed by atoms with Crippen LogP contribution in [0.5, 0.6) is 11.5 Å². The van der Waals surface area contributed by atoms with Gasteiger partial charge < -0.3 is 14.3 Å². The standard InChI is InChI=1S/C17H17F2N3O3S/c1-10-8-20-12(15(24-3)14(10)23-2)9-26-17-21-11-6-4-5-7-13(11)22(17)25-16(18)19/h4-8,16H,9H2,1-3H3. The first-order valence-corrected chi connectivity index (χ1v) is 8.65. The van der Waals surface area contributed by atoms with Crippen LogP contribution >= 0.6 is 11.8 Å². The van der Waals surface area contributed by atoms with Crippen molar-refractivity contribution < 1.29 is 23.1 Å². The Balaban J connectivity index is 1.93. The van der Waals surface area contributed by atoms with E-state index in [4.69, 9.17) is 9.47 Å². The number of rotatable bonds is 7. The Hall–Kier alpha value is -2.55. The Kier molecular flexibility index (Phi) is 5.46. The molecule has 0 saturated carbocycles. The van der Waals surface area contributed by atoms with Crippen molar-refractivity contribution in [3.05, 3.63) is 41.7 Å². The predicted octanol–water partition coefficient (Wildman–Crippen LogP) is 3.70. The summed E-state index contributed by atoms with van der Waals surface area (Å²) in [6.45, 7) is -1.10. The van der Waals surface area contributed by atoms with Crippen LogP contribution in [0.2, 0.25) is 0 Å². The fraction of sp³-hybridized carbons (Fsp3) is 0.294. The lowest BCUT2D eigenvalue weighted by atomic mass is 10.2. The molecular formula is C17H17F2N3O3S. The van der Waals surface area contributed by atoms with Crippen LogP contribution in [0.4, 0.5) is 8.78 Å². The lowest BCUT2D eigenvalue weighted by Crippen LogP contribution is -2.17. The zero-order chi connectivity index (χ0) is 18.7. The monoisotopic (exact) mass is 381 g/mol. The molecule has 0 unspecified atom stereocenters. The van der Waals surface area contributed by atoms with Crippen LogP contribution in [0, 0.1) is 6.92 Å². The summed E-state index contributed by atoms with van der Waals surface area (Å²) in [5, 5.41) is 0.301. The molecule has 26 heavy (non-hydrogen) atoms. The van der Waals surface area contributed by atoms with Crippen molar-refractivity contribution in [2.45, 2.75) is 24.4 Å². The number of hydrogen-bond acceptors (Lipinski definition) is 6. The highest BCUT2D eigenvalue weighted by Crippen LogP contribution is 2.36. The van der Waals surface area contributed by atoms with Gasteiger partial charge in [-0.05, 0) is 19.1 Å². The van der Waals surface area contributed by atoms with Gasteiger partial charge in [-0.15, -0.1) is 0 Å². The first-order chi connectivity index (χ1) is 12.5. The lowest BCUT2D eigenvalue weighted by Gasteiger charge is -2.14. The second-order valence-corrected chi connectivity index (χ2v) is 6.23. The number of imidazole rings is 1. The summed E-state index contributed by atoms with van der Waals surface area (Å²) in [6, 6.07) is 6.92. The van der Waals surface area contributed by atoms with E-state index < -0.39 is 6.61 Å². The van der Waals surface area contributed by atoms with Crippen LogP contribution in [0.25, 0.3) is 11.0 Å². The number of methoxy groups -OCH3 is 2. The quantitative estimate of drug-likeness (QED) is 0.582. The maximum atomic E-state index is 12.8. The first-order valence-electron chi connectivity index (χ1n) is 7.67. The molecule has 1 aromatic carbocycles. The van der Waals surface area contributed by atoms with E-state index in [0.717, 1.165) is 10.3 Å². The fourth-order valence-electron chi connectivity index (χ4n) is 2.56. The molecule has 6 nitrogen and oxygen atoms in total. The van der Waals surface area contributed by atoms with Crippen molar-refractivity contribution in [1.82, 2.24) is 14.7 Å². The molecule has 0 amide bonds. The maximum Gasteiger partial charge on any atom is 0.405 e. The highest BCUT2D eigenvalue weighted by atomic mass is 32.2. The fourth-order valence-corrected chi connectivity index (χ4v) is 3.45. The molecule has 0 aliphatic carbocycles. The average molecular weight is 381 g/mol. The Morgan fingerprint density at radius 1 is 1.15 bits per heavy atom. The van der Waals surface area contributed by atoms with Crippen LogP contribution in [-0.4, -0.2) is 35.5 Å². The minimum atomic E-state index is -2.96. The molecule has 138 valence electrons. The molecule has 0 bridgehead atoms. The van der Waals surface area contributed by atoms with Crippen molar-refractivity contribution in [2.75, 3.05) is 14.2 Å². The molecular weight excluding hydrogens is 364 g/mol. The average Bonchev–Trinajstić information content (AvgIpc) is 2.97. The summed E-state index contributed by atoms with van der Waals surface area (Å²) >= 11 is 1.22. The van der Waals surface area contributed by atoms with E-state index in [9.17, 15) is 8.78 Å². The largest absolute Gasteiger partial charge is 0.492 e. The van der Waals surface area contributed by atoms with Crippen LogP contribution in [0.1, 0.15) is 11.3 Å². The minimum absolute atomic E-state index is 0.301. The molecule has 0 aliphatic rings. The molecule has 0 spiro atoms. The molecule has 0 N–H and O–H groups in total. The van der Waals surface area contributed by atoms with E-state index in [-0.39, 0.29) is 0 Å². The molecule has 3 rings (SSSR count). The lowest BCUT2D eigenvalue weighted by molar-refractivity contribution is -0.135. The summed E-state index contributed by atoms with van der Waals surface area (Å²) in [4.78, 5) is 13.4. The molecule has 0 radical (unpaired) electrons. The number of para-hydroxylation sites is 2. The topological polar surface area (TPSA) is 58.4 Å². The molecule has 2 aromatic heterocycles. The van der Waals surface area contributed by atoms with Gasteiger partial charge >= 0.3 is 6.61 Å². The number of halogens is 2. The van der Waals surface area contributed by atoms with Gasteiger partial charge in [-0.2, -0.15) is 13.5 Å². The molecule has 0 saturated heterocycles. The van der Waals surface area contributed by atoms with E-state index in [1.165, 1.54) is 18.9 Å². The van der Waals surface area contributed by atoms with Gasteiger partial charge in [-0.25, -0.2) is 4.98 Å². The number of ether oxygens (including phenoxy) is 2. The number of fused-ring (bicyclic) bond motifs is 1. The number of thioether (sulfide) groups is 1. The second-order valence-electron chi connectivity index (χ2n) is 5.29. The second kappa shape index (κ2) is 7.77. The molecule has 0 fully saturated rings. The number of aryl methyl sites for hydroxylation is 1. The number of aromatic nitrogens is 3. The smallest absolute Gasteiger partial charge is 0.405 e. The number of alkyl halides is 2. The van der Waals surface area contributed by atoms with Crippen LogP contribution < -0.4 is 14.3 Å². The zero-order valence-electron chi connectivity index (χ0n) is 14.4. The van der Waals surface area contributed by atoms with Gasteiger partial charge in [0, 0.05) is 17.5 Å². The highest BCUT2D eigenvalue weighted by Gasteiger charge is 2.19. The van der Waals surface area contributed by atoms with E-state index in [0.29, 0.717) is 39.1 Å². The third-order valence-corrected chi connectivity index (χ3v) is 4.60. The van der Waals surface area contributed by atoms with Crippen LogP contribution in [0.3, 0.4) is 0 Å². The number of benzene rings is 1. The normalized spacial score (nSPS) is 11.2. The third kappa shape index (κ3) is 3.52. The Morgan fingerprint density at radius 2 is 1.88 bits per heavy atom. The van der Waals surface area contributed by atoms with E-state index >= 15 is 0 Å².